The molecule has 0 aromatic heterocycles. The van der Waals surface area contributed by atoms with Crippen LogP contribution in [0.5, 0.6) is 0 Å². The molecule has 106 valence electrons. The van der Waals surface area contributed by atoms with Crippen LogP contribution in [-0.4, -0.2) is 36.1 Å². The van der Waals surface area contributed by atoms with E-state index in [1.165, 1.54) is 38.9 Å². The van der Waals surface area contributed by atoms with Crippen LogP contribution >= 0.6 is 0 Å². The van der Waals surface area contributed by atoms with E-state index in [4.69, 9.17) is 0 Å². The van der Waals surface area contributed by atoms with Crippen molar-refractivity contribution in [3.63, 3.8) is 0 Å². The van der Waals surface area contributed by atoms with Crippen molar-refractivity contribution < 1.29 is 0 Å². The number of piperidine rings is 1. The van der Waals surface area contributed by atoms with E-state index < -0.39 is 0 Å². The SMILES string of the molecule is CC1CC(C)CN(C2CCC2CNC(C)(C)C)C1. The molecule has 2 nitrogen and oxygen atoms in total. The van der Waals surface area contributed by atoms with Crippen LogP contribution in [-0.2, 0) is 0 Å². The lowest BCUT2D eigenvalue weighted by atomic mass is 9.76. The molecule has 1 aliphatic heterocycles. The van der Waals surface area contributed by atoms with Gasteiger partial charge in [0.05, 0.1) is 0 Å². The average Bonchev–Trinajstić information content (AvgIpc) is 2.11. The summed E-state index contributed by atoms with van der Waals surface area (Å²) in [5.74, 6) is 2.68. The van der Waals surface area contributed by atoms with Gasteiger partial charge in [-0.05, 0) is 64.3 Å². The first kappa shape index (κ1) is 14.3. The number of nitrogens with zero attached hydrogens (tertiary/aromatic N) is 1. The normalized spacial score (nSPS) is 38.5. The van der Waals surface area contributed by atoms with Crippen LogP contribution < -0.4 is 5.32 Å². The fourth-order valence-corrected chi connectivity index (χ4v) is 3.69. The fourth-order valence-electron chi connectivity index (χ4n) is 3.69. The van der Waals surface area contributed by atoms with Gasteiger partial charge in [0.15, 0.2) is 0 Å². The molecule has 1 aliphatic carbocycles. The van der Waals surface area contributed by atoms with Gasteiger partial charge in [0.1, 0.15) is 0 Å². The molecule has 1 N–H and O–H groups in total. The first-order valence-corrected chi connectivity index (χ1v) is 7.84. The third-order valence-electron chi connectivity index (χ3n) is 4.64. The topological polar surface area (TPSA) is 15.3 Å². The molecule has 1 saturated heterocycles. The summed E-state index contributed by atoms with van der Waals surface area (Å²) in [7, 11) is 0. The lowest BCUT2D eigenvalue weighted by molar-refractivity contribution is 0.0122. The van der Waals surface area contributed by atoms with Gasteiger partial charge in [0, 0.05) is 24.7 Å². The zero-order valence-electron chi connectivity index (χ0n) is 13.0. The lowest BCUT2D eigenvalue weighted by Crippen LogP contribution is -2.55. The molecule has 18 heavy (non-hydrogen) atoms. The maximum atomic E-state index is 3.69. The third-order valence-corrected chi connectivity index (χ3v) is 4.64. The number of rotatable bonds is 3. The maximum Gasteiger partial charge on any atom is 0.0136 e. The zero-order chi connectivity index (χ0) is 13.3. The summed E-state index contributed by atoms with van der Waals surface area (Å²) >= 11 is 0. The van der Waals surface area contributed by atoms with Gasteiger partial charge in [-0.15, -0.1) is 0 Å². The molecule has 0 amide bonds. The molecule has 0 aromatic carbocycles. The highest BCUT2D eigenvalue weighted by Gasteiger charge is 2.38. The highest BCUT2D eigenvalue weighted by atomic mass is 15.2. The fraction of sp³-hybridized carbons (Fsp3) is 1.00. The minimum absolute atomic E-state index is 0.266. The molecule has 4 unspecified atom stereocenters. The van der Waals surface area contributed by atoms with Crippen molar-refractivity contribution >= 4 is 0 Å². The summed E-state index contributed by atoms with van der Waals surface area (Å²) < 4.78 is 0. The highest BCUT2D eigenvalue weighted by Crippen LogP contribution is 2.35. The summed E-state index contributed by atoms with van der Waals surface area (Å²) in [6.07, 6.45) is 4.27. The Hall–Kier alpha value is -0.0800. The summed E-state index contributed by atoms with van der Waals surface area (Å²) in [4.78, 5) is 2.79. The summed E-state index contributed by atoms with van der Waals surface area (Å²) in [5.41, 5.74) is 0.266. The molecule has 2 fully saturated rings. The van der Waals surface area contributed by atoms with Gasteiger partial charge in [-0.25, -0.2) is 0 Å². The molecule has 1 heterocycles. The van der Waals surface area contributed by atoms with Crippen LogP contribution in [0, 0.1) is 17.8 Å². The number of nitrogens with one attached hydrogen (secondary N) is 1. The van der Waals surface area contributed by atoms with E-state index in [1.54, 1.807) is 0 Å². The Labute approximate surface area is 114 Å². The van der Waals surface area contributed by atoms with Crippen LogP contribution in [0.15, 0.2) is 0 Å². The van der Waals surface area contributed by atoms with Gasteiger partial charge >= 0.3 is 0 Å². The van der Waals surface area contributed by atoms with Crippen molar-refractivity contribution in [2.75, 3.05) is 19.6 Å². The molecule has 1 saturated carbocycles. The Morgan fingerprint density at radius 2 is 1.67 bits per heavy atom. The largest absolute Gasteiger partial charge is 0.312 e. The third kappa shape index (κ3) is 3.71. The predicted molar refractivity (Wildman–Crippen MR) is 78.8 cm³/mol. The van der Waals surface area contributed by atoms with E-state index in [9.17, 15) is 0 Å². The van der Waals surface area contributed by atoms with Crippen LogP contribution in [0.1, 0.15) is 53.9 Å². The molecule has 2 rings (SSSR count). The highest BCUT2D eigenvalue weighted by molar-refractivity contribution is 4.93. The van der Waals surface area contributed by atoms with Crippen LogP contribution in [0.3, 0.4) is 0 Å². The number of hydrogen-bond acceptors (Lipinski definition) is 2. The van der Waals surface area contributed by atoms with Crippen molar-refractivity contribution in [1.29, 1.82) is 0 Å². The van der Waals surface area contributed by atoms with Crippen molar-refractivity contribution in [3.8, 4) is 0 Å². The van der Waals surface area contributed by atoms with Crippen molar-refractivity contribution in [1.82, 2.24) is 10.2 Å². The standard InChI is InChI=1S/C16H32N2/c1-12-8-13(2)11-18(10-12)15-7-6-14(15)9-17-16(3,4)5/h12-15,17H,6-11H2,1-5H3. The second kappa shape index (κ2) is 5.50. The quantitative estimate of drug-likeness (QED) is 0.830. The average molecular weight is 252 g/mol. The van der Waals surface area contributed by atoms with Crippen molar-refractivity contribution in [2.24, 2.45) is 17.8 Å². The van der Waals surface area contributed by atoms with E-state index in [0.29, 0.717) is 0 Å². The smallest absolute Gasteiger partial charge is 0.0136 e. The Bertz CT molecular complexity index is 259. The predicted octanol–water partition coefficient (Wildman–Crippen LogP) is 3.13. The maximum absolute atomic E-state index is 3.69. The molecule has 0 spiro atoms. The molecule has 4 atom stereocenters. The zero-order valence-corrected chi connectivity index (χ0v) is 13.0. The molecular formula is C16H32N2. The number of hydrogen-bond donors (Lipinski definition) is 1. The van der Waals surface area contributed by atoms with E-state index in [1.807, 2.05) is 0 Å². The lowest BCUT2D eigenvalue weighted by Gasteiger charge is -2.49. The number of likely N-dealkylation sites (tertiary alicyclic amines) is 1. The van der Waals surface area contributed by atoms with Gasteiger partial charge in [-0.3, -0.25) is 4.90 Å². The van der Waals surface area contributed by atoms with Gasteiger partial charge in [-0.2, -0.15) is 0 Å². The summed E-state index contributed by atoms with van der Waals surface area (Å²) in [6.45, 7) is 15.5. The van der Waals surface area contributed by atoms with E-state index in [0.717, 1.165) is 23.8 Å². The van der Waals surface area contributed by atoms with Gasteiger partial charge < -0.3 is 5.32 Å². The van der Waals surface area contributed by atoms with E-state index >= 15 is 0 Å². The molecule has 0 aromatic rings. The summed E-state index contributed by atoms with van der Waals surface area (Å²) in [5, 5.41) is 3.69. The second-order valence-corrected chi connectivity index (χ2v) is 7.94. The minimum atomic E-state index is 0.266. The van der Waals surface area contributed by atoms with Crippen LogP contribution in [0.25, 0.3) is 0 Å². The van der Waals surface area contributed by atoms with Crippen molar-refractivity contribution in [2.45, 2.75) is 65.5 Å². The Balaban J connectivity index is 1.82. The van der Waals surface area contributed by atoms with Crippen molar-refractivity contribution in [3.05, 3.63) is 0 Å². The van der Waals surface area contributed by atoms with Gasteiger partial charge in [0.2, 0.25) is 0 Å². The first-order valence-electron chi connectivity index (χ1n) is 7.84. The van der Waals surface area contributed by atoms with Gasteiger partial charge in [0.25, 0.3) is 0 Å². The molecule has 0 bridgehead atoms. The molecule has 2 aliphatic rings. The Morgan fingerprint density at radius 1 is 1.06 bits per heavy atom. The Kier molecular flexibility index (Phi) is 4.38. The van der Waals surface area contributed by atoms with Crippen LogP contribution in [0.4, 0.5) is 0 Å². The van der Waals surface area contributed by atoms with E-state index in [2.05, 4.69) is 44.8 Å². The first-order chi connectivity index (χ1) is 8.35. The van der Waals surface area contributed by atoms with E-state index in [-0.39, 0.29) is 5.54 Å². The second-order valence-electron chi connectivity index (χ2n) is 7.94. The van der Waals surface area contributed by atoms with Gasteiger partial charge in [-0.1, -0.05) is 13.8 Å². The van der Waals surface area contributed by atoms with Crippen LogP contribution in [0.2, 0.25) is 0 Å². The molecule has 0 radical (unpaired) electrons. The molecule has 2 heteroatoms. The molecular weight excluding hydrogens is 220 g/mol. The minimum Gasteiger partial charge on any atom is -0.312 e. The summed E-state index contributed by atoms with van der Waals surface area (Å²) in [6, 6.07) is 0.866. The Morgan fingerprint density at radius 3 is 2.11 bits per heavy atom. The monoisotopic (exact) mass is 252 g/mol.